The lowest BCUT2D eigenvalue weighted by molar-refractivity contribution is -0.392. The van der Waals surface area contributed by atoms with Crippen LogP contribution in [0, 0.1) is 17.0 Å². The third-order valence-electron chi connectivity index (χ3n) is 1.60. The van der Waals surface area contributed by atoms with Crippen molar-refractivity contribution in [2.75, 3.05) is 0 Å². The number of aromatic carboxylic acids is 1. The molecule has 0 aliphatic heterocycles. The van der Waals surface area contributed by atoms with Crippen molar-refractivity contribution in [3.8, 4) is 0 Å². The second kappa shape index (κ2) is 2.85. The monoisotopic (exact) mass is 185 g/mol. The molecule has 1 aromatic heterocycles. The van der Waals surface area contributed by atoms with E-state index in [2.05, 4.69) is 4.98 Å². The molecule has 70 valence electrons. The zero-order valence-corrected chi connectivity index (χ0v) is 7.01. The Labute approximate surface area is 72.8 Å². The summed E-state index contributed by atoms with van der Waals surface area (Å²) in [6.45, 7) is 1.39. The van der Waals surface area contributed by atoms with Crippen molar-refractivity contribution in [3.05, 3.63) is 21.6 Å². The number of nitro groups is 1. The Hall–Kier alpha value is -1.92. The lowest BCUT2D eigenvalue weighted by atomic mass is 10.5. The Kier molecular flexibility index (Phi) is 2.01. The Morgan fingerprint density at radius 1 is 1.69 bits per heavy atom. The van der Waals surface area contributed by atoms with Crippen LogP contribution in [0.2, 0.25) is 0 Å². The van der Waals surface area contributed by atoms with Gasteiger partial charge in [0.15, 0.2) is 0 Å². The summed E-state index contributed by atoms with van der Waals surface area (Å²) in [4.78, 5) is 23.8. The molecular formula is C6H7N3O4. The highest BCUT2D eigenvalue weighted by Crippen LogP contribution is 2.17. The van der Waals surface area contributed by atoms with Gasteiger partial charge in [-0.25, -0.2) is 9.36 Å². The topological polar surface area (TPSA) is 98.3 Å². The van der Waals surface area contributed by atoms with Gasteiger partial charge in [0.2, 0.25) is 0 Å². The predicted molar refractivity (Wildman–Crippen MR) is 41.6 cm³/mol. The van der Waals surface area contributed by atoms with E-state index in [0.717, 1.165) is 4.57 Å². The third-order valence-corrected chi connectivity index (χ3v) is 1.60. The average molecular weight is 185 g/mol. The largest absolute Gasteiger partial charge is 0.474 e. The lowest BCUT2D eigenvalue weighted by Crippen LogP contribution is -2.07. The third kappa shape index (κ3) is 1.35. The van der Waals surface area contributed by atoms with Crippen molar-refractivity contribution in [1.29, 1.82) is 0 Å². The van der Waals surface area contributed by atoms with Crippen molar-refractivity contribution in [3.63, 3.8) is 0 Å². The van der Waals surface area contributed by atoms with Crippen LogP contribution in [0.15, 0.2) is 0 Å². The SMILES string of the molecule is Cc1nc(C(=O)O)n(C)c1[N+](=O)[O-]. The zero-order chi connectivity index (χ0) is 10.2. The van der Waals surface area contributed by atoms with Crippen LogP contribution in [-0.4, -0.2) is 25.6 Å². The summed E-state index contributed by atoms with van der Waals surface area (Å²) in [5, 5.41) is 19.0. The van der Waals surface area contributed by atoms with Crippen molar-refractivity contribution in [1.82, 2.24) is 9.55 Å². The van der Waals surface area contributed by atoms with Gasteiger partial charge in [0.1, 0.15) is 5.69 Å². The smallest absolute Gasteiger partial charge is 0.396 e. The summed E-state index contributed by atoms with van der Waals surface area (Å²) in [5.41, 5.74) is 0.102. The lowest BCUT2D eigenvalue weighted by Gasteiger charge is -1.94. The first-order valence-electron chi connectivity index (χ1n) is 3.36. The fourth-order valence-corrected chi connectivity index (χ4v) is 1.07. The highest BCUT2D eigenvalue weighted by atomic mass is 16.6. The van der Waals surface area contributed by atoms with E-state index < -0.39 is 10.9 Å². The maximum absolute atomic E-state index is 10.5. The number of aryl methyl sites for hydroxylation is 1. The first kappa shape index (κ1) is 9.17. The van der Waals surface area contributed by atoms with Gasteiger partial charge in [0, 0.05) is 0 Å². The summed E-state index contributed by atoms with van der Waals surface area (Å²) >= 11 is 0. The van der Waals surface area contributed by atoms with E-state index in [-0.39, 0.29) is 17.3 Å². The van der Waals surface area contributed by atoms with Crippen molar-refractivity contribution in [2.45, 2.75) is 6.92 Å². The van der Waals surface area contributed by atoms with E-state index in [9.17, 15) is 14.9 Å². The standard InChI is InChI=1S/C6H7N3O4/c1-3-5(9(12)13)8(2)4(7-3)6(10)11/h1-2H3,(H,10,11). The summed E-state index contributed by atoms with van der Waals surface area (Å²) in [7, 11) is 1.29. The van der Waals surface area contributed by atoms with Crippen LogP contribution in [0.3, 0.4) is 0 Å². The number of hydrogen-bond donors (Lipinski definition) is 1. The van der Waals surface area contributed by atoms with Gasteiger partial charge < -0.3 is 15.2 Å². The minimum absolute atomic E-state index is 0.102. The van der Waals surface area contributed by atoms with E-state index in [1.54, 1.807) is 0 Å². The van der Waals surface area contributed by atoms with Crippen LogP contribution in [0.5, 0.6) is 0 Å². The Balaban J connectivity index is 3.39. The Morgan fingerprint density at radius 2 is 2.23 bits per heavy atom. The molecule has 0 bridgehead atoms. The van der Waals surface area contributed by atoms with Gasteiger partial charge >= 0.3 is 17.6 Å². The van der Waals surface area contributed by atoms with E-state index in [0.29, 0.717) is 0 Å². The molecule has 1 rings (SSSR count). The fourth-order valence-electron chi connectivity index (χ4n) is 1.07. The van der Waals surface area contributed by atoms with E-state index in [1.807, 2.05) is 0 Å². The number of carboxylic acid groups (broad SMARTS) is 1. The molecule has 0 saturated heterocycles. The minimum atomic E-state index is -1.28. The summed E-state index contributed by atoms with van der Waals surface area (Å²) in [5.74, 6) is -1.90. The number of aromatic nitrogens is 2. The van der Waals surface area contributed by atoms with Gasteiger partial charge in [-0.3, -0.25) is 0 Å². The molecule has 0 aromatic carbocycles. The number of imidazole rings is 1. The number of rotatable bonds is 2. The molecule has 1 N–H and O–H groups in total. The fraction of sp³-hybridized carbons (Fsp3) is 0.333. The maximum atomic E-state index is 10.5. The molecule has 0 amide bonds. The maximum Gasteiger partial charge on any atom is 0.396 e. The molecular weight excluding hydrogens is 178 g/mol. The molecule has 0 unspecified atom stereocenters. The molecule has 0 radical (unpaired) electrons. The normalized spacial score (nSPS) is 10.0. The molecule has 0 saturated carbocycles. The van der Waals surface area contributed by atoms with E-state index >= 15 is 0 Å². The zero-order valence-electron chi connectivity index (χ0n) is 7.01. The van der Waals surface area contributed by atoms with Crippen LogP contribution < -0.4 is 0 Å². The van der Waals surface area contributed by atoms with Gasteiger partial charge in [-0.15, -0.1) is 0 Å². The van der Waals surface area contributed by atoms with Crippen molar-refractivity contribution < 1.29 is 14.8 Å². The van der Waals surface area contributed by atoms with Crippen molar-refractivity contribution in [2.24, 2.45) is 7.05 Å². The van der Waals surface area contributed by atoms with Gasteiger partial charge in [-0.2, -0.15) is 4.98 Å². The quantitative estimate of drug-likeness (QED) is 0.528. The molecule has 0 aliphatic rings. The molecule has 1 aromatic rings. The number of nitrogens with zero attached hydrogens (tertiary/aromatic N) is 3. The first-order chi connectivity index (χ1) is 5.95. The van der Waals surface area contributed by atoms with Crippen LogP contribution in [0.25, 0.3) is 0 Å². The number of carboxylic acids is 1. The van der Waals surface area contributed by atoms with Crippen LogP contribution in [0.4, 0.5) is 5.82 Å². The summed E-state index contributed by atoms with van der Waals surface area (Å²) in [6, 6.07) is 0. The molecule has 0 fully saturated rings. The molecule has 7 nitrogen and oxygen atoms in total. The van der Waals surface area contributed by atoms with Gasteiger partial charge in [-0.05, 0) is 11.8 Å². The first-order valence-corrected chi connectivity index (χ1v) is 3.36. The van der Waals surface area contributed by atoms with Crippen LogP contribution in [-0.2, 0) is 7.05 Å². The number of hydrogen-bond acceptors (Lipinski definition) is 4. The van der Waals surface area contributed by atoms with E-state index in [4.69, 9.17) is 5.11 Å². The van der Waals surface area contributed by atoms with Crippen LogP contribution >= 0.6 is 0 Å². The summed E-state index contributed by atoms with van der Waals surface area (Å²) in [6.07, 6.45) is 0. The van der Waals surface area contributed by atoms with Gasteiger partial charge in [0.25, 0.3) is 0 Å². The van der Waals surface area contributed by atoms with E-state index in [1.165, 1.54) is 14.0 Å². The average Bonchev–Trinajstić information content (AvgIpc) is 2.26. The molecule has 7 heteroatoms. The highest BCUT2D eigenvalue weighted by Gasteiger charge is 2.25. The van der Waals surface area contributed by atoms with Crippen molar-refractivity contribution >= 4 is 11.8 Å². The van der Waals surface area contributed by atoms with Gasteiger partial charge in [-0.1, -0.05) is 0 Å². The second-order valence-corrected chi connectivity index (χ2v) is 2.47. The summed E-state index contributed by atoms with van der Waals surface area (Å²) < 4.78 is 0.942. The molecule has 0 spiro atoms. The highest BCUT2D eigenvalue weighted by molar-refractivity contribution is 5.84. The second-order valence-electron chi connectivity index (χ2n) is 2.47. The molecule has 13 heavy (non-hydrogen) atoms. The Morgan fingerprint density at radius 3 is 2.46 bits per heavy atom. The molecule has 0 aliphatic carbocycles. The molecule has 0 atom stereocenters. The Bertz CT molecular complexity index is 381. The molecule has 1 heterocycles. The number of carbonyl (C=O) groups is 1. The minimum Gasteiger partial charge on any atom is -0.474 e. The van der Waals surface area contributed by atoms with Crippen LogP contribution in [0.1, 0.15) is 16.3 Å². The predicted octanol–water partition coefficient (Wildman–Crippen LogP) is 0.335. The van der Waals surface area contributed by atoms with Gasteiger partial charge in [0.05, 0.1) is 7.05 Å².